The second-order valence-electron chi connectivity index (χ2n) is 7.43. The molecule has 1 fully saturated rings. The summed E-state index contributed by atoms with van der Waals surface area (Å²) in [5.74, 6) is -0.648. The normalized spacial score (nSPS) is 14.5. The van der Waals surface area contributed by atoms with Crippen LogP contribution < -0.4 is 5.32 Å². The van der Waals surface area contributed by atoms with Gasteiger partial charge >= 0.3 is 5.97 Å². The van der Waals surface area contributed by atoms with Crippen molar-refractivity contribution in [2.45, 2.75) is 51.5 Å². The van der Waals surface area contributed by atoms with Gasteiger partial charge in [-0.25, -0.2) is 13.2 Å². The van der Waals surface area contributed by atoms with Gasteiger partial charge in [-0.05, 0) is 57.9 Å². The molecule has 0 unspecified atom stereocenters. The van der Waals surface area contributed by atoms with Crippen LogP contribution in [0.1, 0.15) is 47.9 Å². The van der Waals surface area contributed by atoms with E-state index in [0.717, 1.165) is 12.8 Å². The van der Waals surface area contributed by atoms with Gasteiger partial charge in [0.2, 0.25) is 15.9 Å². The third kappa shape index (κ3) is 5.13. The van der Waals surface area contributed by atoms with Gasteiger partial charge in [0.1, 0.15) is 4.90 Å². The zero-order chi connectivity index (χ0) is 22.6. The first kappa shape index (κ1) is 23.0. The molecule has 9 nitrogen and oxygen atoms in total. The SMILES string of the molecule is CCOC(=O)c1ccc(NC(=O)CCn2nc(C)c(S(=O)(=O)N3CCCC3)c2C)cc1. The quantitative estimate of drug-likeness (QED) is 0.621. The van der Waals surface area contributed by atoms with Crippen LogP contribution in [-0.4, -0.2) is 54.1 Å². The Balaban J connectivity index is 1.62. The molecule has 1 saturated heterocycles. The second kappa shape index (κ2) is 9.61. The van der Waals surface area contributed by atoms with Gasteiger partial charge < -0.3 is 10.1 Å². The molecular weight excluding hydrogens is 420 g/mol. The highest BCUT2D eigenvalue weighted by atomic mass is 32.2. The number of hydrogen-bond acceptors (Lipinski definition) is 6. The molecule has 168 valence electrons. The number of nitrogens with one attached hydrogen (secondary N) is 1. The van der Waals surface area contributed by atoms with Gasteiger partial charge in [0.25, 0.3) is 0 Å². The zero-order valence-electron chi connectivity index (χ0n) is 18.1. The first-order valence-corrected chi connectivity index (χ1v) is 11.8. The van der Waals surface area contributed by atoms with Gasteiger partial charge in [-0.1, -0.05) is 0 Å². The maximum absolute atomic E-state index is 12.9. The van der Waals surface area contributed by atoms with Gasteiger partial charge in [0.05, 0.1) is 30.1 Å². The lowest BCUT2D eigenvalue weighted by molar-refractivity contribution is -0.116. The Morgan fingerprint density at radius 2 is 1.77 bits per heavy atom. The van der Waals surface area contributed by atoms with E-state index < -0.39 is 16.0 Å². The van der Waals surface area contributed by atoms with E-state index in [4.69, 9.17) is 4.74 Å². The molecule has 1 aromatic carbocycles. The van der Waals surface area contributed by atoms with E-state index in [1.54, 1.807) is 49.7 Å². The fourth-order valence-electron chi connectivity index (χ4n) is 3.66. The van der Waals surface area contributed by atoms with E-state index in [1.807, 2.05) is 0 Å². The highest BCUT2D eigenvalue weighted by molar-refractivity contribution is 7.89. The highest BCUT2D eigenvalue weighted by Gasteiger charge is 2.32. The van der Waals surface area contributed by atoms with Crippen LogP contribution in [0.5, 0.6) is 0 Å². The lowest BCUT2D eigenvalue weighted by atomic mass is 10.2. The molecular formula is C21H28N4O5S. The van der Waals surface area contributed by atoms with Crippen molar-refractivity contribution < 1.29 is 22.7 Å². The Hall–Kier alpha value is -2.72. The smallest absolute Gasteiger partial charge is 0.338 e. The molecule has 0 aliphatic carbocycles. The zero-order valence-corrected chi connectivity index (χ0v) is 18.9. The van der Waals surface area contributed by atoms with Crippen molar-refractivity contribution in [1.82, 2.24) is 14.1 Å². The number of nitrogens with zero attached hydrogens (tertiary/aromatic N) is 3. The molecule has 0 saturated carbocycles. The van der Waals surface area contributed by atoms with Crippen LogP contribution in [0.4, 0.5) is 5.69 Å². The monoisotopic (exact) mass is 448 g/mol. The highest BCUT2D eigenvalue weighted by Crippen LogP contribution is 2.26. The summed E-state index contributed by atoms with van der Waals surface area (Å²) in [6.07, 6.45) is 1.86. The number of carbonyl (C=O) groups excluding carboxylic acids is 2. The van der Waals surface area contributed by atoms with E-state index in [1.165, 1.54) is 4.31 Å². The minimum Gasteiger partial charge on any atom is -0.462 e. The molecule has 0 bridgehead atoms. The molecule has 1 aliphatic heterocycles. The molecule has 0 atom stereocenters. The second-order valence-corrected chi connectivity index (χ2v) is 9.31. The molecule has 0 radical (unpaired) electrons. The Labute approximate surface area is 182 Å². The number of rotatable bonds is 8. The van der Waals surface area contributed by atoms with Crippen molar-refractivity contribution >= 4 is 27.6 Å². The summed E-state index contributed by atoms with van der Waals surface area (Å²) in [5, 5.41) is 7.12. The molecule has 0 spiro atoms. The van der Waals surface area contributed by atoms with Crippen molar-refractivity contribution in [1.29, 1.82) is 0 Å². The number of sulfonamides is 1. The molecule has 1 aromatic heterocycles. The fraction of sp³-hybridized carbons (Fsp3) is 0.476. The fourth-order valence-corrected chi connectivity index (χ4v) is 5.55. The molecule has 31 heavy (non-hydrogen) atoms. The molecule has 1 aliphatic rings. The topological polar surface area (TPSA) is 111 Å². The van der Waals surface area contributed by atoms with Crippen LogP contribution >= 0.6 is 0 Å². The molecule has 1 N–H and O–H groups in total. The van der Waals surface area contributed by atoms with Crippen molar-refractivity contribution in [3.63, 3.8) is 0 Å². The minimum absolute atomic E-state index is 0.130. The van der Waals surface area contributed by atoms with Crippen molar-refractivity contribution in [2.75, 3.05) is 25.0 Å². The number of ether oxygens (including phenoxy) is 1. The predicted molar refractivity (Wildman–Crippen MR) is 115 cm³/mol. The van der Waals surface area contributed by atoms with Crippen LogP contribution in [0, 0.1) is 13.8 Å². The van der Waals surface area contributed by atoms with E-state index in [2.05, 4.69) is 10.4 Å². The predicted octanol–water partition coefficient (Wildman–Crippen LogP) is 2.49. The van der Waals surface area contributed by atoms with Gasteiger partial charge in [0.15, 0.2) is 0 Å². The number of aromatic nitrogens is 2. The number of anilines is 1. The number of carbonyl (C=O) groups is 2. The first-order valence-electron chi connectivity index (χ1n) is 10.3. The third-order valence-electron chi connectivity index (χ3n) is 5.21. The lowest BCUT2D eigenvalue weighted by Crippen LogP contribution is -2.28. The lowest BCUT2D eigenvalue weighted by Gasteiger charge is -2.15. The molecule has 10 heteroatoms. The summed E-state index contributed by atoms with van der Waals surface area (Å²) in [5.41, 5.74) is 1.95. The standard InChI is InChI=1S/C21H28N4O5S/c1-4-30-21(27)17-7-9-18(10-8-17)22-19(26)11-14-25-16(3)20(15(2)23-25)31(28,29)24-12-5-6-13-24/h7-10H,4-6,11-14H2,1-3H3,(H,22,26). The van der Waals surface area contributed by atoms with Gasteiger partial charge in [-0.3, -0.25) is 9.48 Å². The molecule has 3 rings (SSSR count). The summed E-state index contributed by atoms with van der Waals surface area (Å²) in [7, 11) is -3.57. The average Bonchev–Trinajstić information content (AvgIpc) is 3.36. The Kier molecular flexibility index (Phi) is 7.11. The summed E-state index contributed by atoms with van der Waals surface area (Å²) in [6.45, 7) is 6.75. The van der Waals surface area contributed by atoms with Crippen LogP contribution in [-0.2, 0) is 26.1 Å². The van der Waals surface area contributed by atoms with E-state index in [9.17, 15) is 18.0 Å². The number of benzene rings is 1. The summed E-state index contributed by atoms with van der Waals surface area (Å²) in [6, 6.07) is 6.44. The van der Waals surface area contributed by atoms with Crippen molar-refractivity contribution in [3.8, 4) is 0 Å². The van der Waals surface area contributed by atoms with Crippen molar-refractivity contribution in [3.05, 3.63) is 41.2 Å². The largest absolute Gasteiger partial charge is 0.462 e. The van der Waals surface area contributed by atoms with E-state index >= 15 is 0 Å². The molecule has 2 heterocycles. The Bertz CT molecular complexity index is 1050. The van der Waals surface area contributed by atoms with Crippen LogP contribution in [0.3, 0.4) is 0 Å². The van der Waals surface area contributed by atoms with E-state index in [-0.39, 0.29) is 23.8 Å². The summed E-state index contributed by atoms with van der Waals surface area (Å²) < 4.78 is 33.9. The molecule has 2 aromatic rings. The van der Waals surface area contributed by atoms with Gasteiger partial charge in [-0.2, -0.15) is 9.40 Å². The van der Waals surface area contributed by atoms with E-state index in [0.29, 0.717) is 42.3 Å². The van der Waals surface area contributed by atoms with Crippen LogP contribution in [0.15, 0.2) is 29.2 Å². The number of amides is 1. The summed E-state index contributed by atoms with van der Waals surface area (Å²) >= 11 is 0. The third-order valence-corrected chi connectivity index (χ3v) is 7.36. The average molecular weight is 449 g/mol. The van der Waals surface area contributed by atoms with Gasteiger partial charge in [-0.15, -0.1) is 0 Å². The minimum atomic E-state index is -3.57. The van der Waals surface area contributed by atoms with Crippen LogP contribution in [0.2, 0.25) is 0 Å². The Morgan fingerprint density at radius 1 is 1.13 bits per heavy atom. The van der Waals surface area contributed by atoms with Crippen molar-refractivity contribution in [2.24, 2.45) is 0 Å². The molecule has 1 amide bonds. The maximum Gasteiger partial charge on any atom is 0.338 e. The number of aryl methyl sites for hydroxylation is 2. The number of esters is 1. The summed E-state index contributed by atoms with van der Waals surface area (Å²) in [4.78, 5) is 24.3. The first-order chi connectivity index (χ1) is 14.7. The maximum atomic E-state index is 12.9. The van der Waals surface area contributed by atoms with Crippen LogP contribution in [0.25, 0.3) is 0 Å². The number of hydrogen-bond donors (Lipinski definition) is 1. The Morgan fingerprint density at radius 3 is 2.39 bits per heavy atom. The van der Waals surface area contributed by atoms with Gasteiger partial charge in [0, 0.05) is 25.2 Å².